The third-order valence-electron chi connectivity index (χ3n) is 2.61. The Hall–Kier alpha value is -3.93. The largest absolute Gasteiger partial charge is 0.528 e. The van der Waals surface area contributed by atoms with Crippen LogP contribution < -0.4 is 0 Å². The van der Waals surface area contributed by atoms with Gasteiger partial charge in [0.1, 0.15) is 0 Å². The molecule has 0 bridgehead atoms. The van der Waals surface area contributed by atoms with Gasteiger partial charge in [-0.1, -0.05) is 36.4 Å². The van der Waals surface area contributed by atoms with Crippen LogP contribution in [0.5, 0.6) is 0 Å². The Morgan fingerprint density at radius 2 is 0.929 bits per heavy atom. The highest BCUT2D eigenvalue weighted by Gasteiger charge is 2.19. The first-order chi connectivity index (χ1) is 13.1. The zero-order valence-corrected chi connectivity index (χ0v) is 14.6. The van der Waals surface area contributed by atoms with E-state index in [-0.39, 0.29) is 0 Å². The van der Waals surface area contributed by atoms with E-state index < -0.39 is 34.5 Å². The van der Waals surface area contributed by atoms with Crippen LogP contribution >= 0.6 is 0 Å². The quantitative estimate of drug-likeness (QED) is 0.548. The maximum atomic E-state index is 12.0. The fourth-order valence-electron chi connectivity index (χ4n) is 1.59. The number of hydrogen-bond acceptors (Lipinski definition) is 9. The fourth-order valence-corrected chi connectivity index (χ4v) is 2.89. The average molecular weight is 412 g/mol. The second-order valence-electron chi connectivity index (χ2n) is 4.47. The molecule has 0 radical (unpaired) electrons. The molecule has 28 heavy (non-hydrogen) atoms. The van der Waals surface area contributed by atoms with Crippen LogP contribution in [-0.4, -0.2) is 43.3 Å². The van der Waals surface area contributed by atoms with Crippen LogP contribution in [0, 0.1) is 0 Å². The van der Waals surface area contributed by atoms with Crippen molar-refractivity contribution in [3.8, 4) is 0 Å². The van der Waals surface area contributed by atoms with Gasteiger partial charge in [0.15, 0.2) is 0 Å². The Kier molecular flexibility index (Phi) is 8.11. The molecule has 11 nitrogen and oxygen atoms in total. The fraction of sp³-hybridized carbons (Fsp3) is 0. The molecule has 0 unspecified atom stereocenters. The van der Waals surface area contributed by atoms with Gasteiger partial charge in [0.05, 0.1) is 9.79 Å². The van der Waals surface area contributed by atoms with Crippen LogP contribution in [0.1, 0.15) is 0 Å². The third kappa shape index (κ3) is 7.53. The number of carbonyl (C=O) groups is 4. The summed E-state index contributed by atoms with van der Waals surface area (Å²) in [6.45, 7) is 0. The number of benzene rings is 2. The Morgan fingerprint density at radius 1 is 0.607 bits per heavy atom. The zero-order chi connectivity index (χ0) is 21.2. The van der Waals surface area contributed by atoms with Gasteiger partial charge in [0, 0.05) is 0 Å². The summed E-state index contributed by atoms with van der Waals surface area (Å²) in [7, 11) is -3.34. The summed E-state index contributed by atoms with van der Waals surface area (Å²) in [5.74, 6) is 0. The molecular formula is C16H12O11S. The lowest BCUT2D eigenvalue weighted by Crippen LogP contribution is -2.19. The van der Waals surface area contributed by atoms with Gasteiger partial charge in [-0.2, -0.15) is 0 Å². The van der Waals surface area contributed by atoms with Gasteiger partial charge in [-0.3, -0.25) is 0 Å². The van der Waals surface area contributed by atoms with E-state index in [1.54, 1.807) is 60.7 Å². The molecule has 12 heteroatoms. The first kappa shape index (κ1) is 22.1. The smallest absolute Gasteiger partial charge is 0.449 e. The number of sulfone groups is 1. The molecule has 0 aromatic heterocycles. The molecule has 2 rings (SSSR count). The first-order valence-electron chi connectivity index (χ1n) is 7.05. The van der Waals surface area contributed by atoms with E-state index in [1.807, 2.05) is 0 Å². The van der Waals surface area contributed by atoms with Crippen molar-refractivity contribution in [3.05, 3.63) is 60.7 Å². The average Bonchev–Trinajstić information content (AvgIpc) is 2.62. The van der Waals surface area contributed by atoms with Crippen molar-refractivity contribution in [2.45, 2.75) is 9.79 Å². The molecular weight excluding hydrogens is 400 g/mol. The maximum Gasteiger partial charge on any atom is 0.528 e. The van der Waals surface area contributed by atoms with Gasteiger partial charge < -0.3 is 24.4 Å². The van der Waals surface area contributed by atoms with Crippen LogP contribution in [0.4, 0.5) is 19.2 Å². The molecule has 2 aromatic rings. The molecule has 2 N–H and O–H groups in total. The highest BCUT2D eigenvalue weighted by atomic mass is 32.2. The summed E-state index contributed by atoms with van der Waals surface area (Å²) in [5.41, 5.74) is 0. The summed E-state index contributed by atoms with van der Waals surface area (Å²) >= 11 is 0. The van der Waals surface area contributed by atoms with Gasteiger partial charge in [0.25, 0.3) is 0 Å². The second-order valence-corrected chi connectivity index (χ2v) is 6.42. The third-order valence-corrected chi connectivity index (χ3v) is 4.40. The van der Waals surface area contributed by atoms with E-state index in [9.17, 15) is 27.6 Å². The van der Waals surface area contributed by atoms with E-state index in [0.29, 0.717) is 9.79 Å². The molecule has 148 valence electrons. The normalized spacial score (nSPS) is 9.86. The molecule has 0 saturated carbocycles. The van der Waals surface area contributed by atoms with Gasteiger partial charge in [0.2, 0.25) is 9.84 Å². The standard InChI is InChI=1S/C12H10O2S.C4H2O9/c13-15(14,11-7-3-1-4-8-11)12-9-5-2-6-10-12;5-1(6)11-3(9)13-4(10)12-2(7)8/h1-10H;(H,5,6)(H,7,8). The highest BCUT2D eigenvalue weighted by molar-refractivity contribution is 7.91. The molecule has 0 aliphatic carbocycles. The Balaban J connectivity index is 0.000000284. The predicted octanol–water partition coefficient (Wildman–Crippen LogP) is 3.15. The van der Waals surface area contributed by atoms with E-state index >= 15 is 0 Å². The molecule has 0 spiro atoms. The van der Waals surface area contributed by atoms with E-state index in [2.05, 4.69) is 14.2 Å². The number of rotatable bonds is 2. The lowest BCUT2D eigenvalue weighted by atomic mass is 10.4. The summed E-state index contributed by atoms with van der Waals surface area (Å²) in [6, 6.07) is 16.9. The van der Waals surface area contributed by atoms with Crippen LogP contribution in [0.2, 0.25) is 0 Å². The topological polar surface area (TPSA) is 171 Å². The Morgan fingerprint density at radius 3 is 1.21 bits per heavy atom. The van der Waals surface area contributed by atoms with Gasteiger partial charge >= 0.3 is 24.6 Å². The molecule has 0 atom stereocenters. The Labute approximate surface area is 157 Å². The van der Waals surface area contributed by atoms with Crippen LogP contribution in [-0.2, 0) is 24.0 Å². The van der Waals surface area contributed by atoms with Crippen molar-refractivity contribution < 1.29 is 52.0 Å². The lowest BCUT2D eigenvalue weighted by Gasteiger charge is -2.03. The highest BCUT2D eigenvalue weighted by Crippen LogP contribution is 2.19. The van der Waals surface area contributed by atoms with Crippen LogP contribution in [0.15, 0.2) is 70.5 Å². The van der Waals surface area contributed by atoms with Crippen molar-refractivity contribution in [2.24, 2.45) is 0 Å². The number of hydrogen-bond donors (Lipinski definition) is 2. The zero-order valence-electron chi connectivity index (χ0n) is 13.8. The summed E-state index contributed by atoms with van der Waals surface area (Å²) in [6.07, 6.45) is -7.82. The van der Waals surface area contributed by atoms with E-state index in [4.69, 9.17) is 10.2 Å². The van der Waals surface area contributed by atoms with Crippen molar-refractivity contribution in [1.29, 1.82) is 0 Å². The molecule has 0 fully saturated rings. The van der Waals surface area contributed by atoms with Gasteiger partial charge in [-0.05, 0) is 24.3 Å². The molecule has 0 amide bonds. The number of ether oxygens (including phenoxy) is 3. The van der Waals surface area contributed by atoms with Crippen molar-refractivity contribution in [3.63, 3.8) is 0 Å². The first-order valence-corrected chi connectivity index (χ1v) is 8.53. The molecule has 0 heterocycles. The summed E-state index contributed by atoms with van der Waals surface area (Å²) < 4.78 is 34.0. The van der Waals surface area contributed by atoms with Crippen LogP contribution in [0.3, 0.4) is 0 Å². The van der Waals surface area contributed by atoms with Crippen molar-refractivity contribution in [1.82, 2.24) is 0 Å². The molecule has 0 saturated heterocycles. The summed E-state index contributed by atoms with van der Waals surface area (Å²) in [4.78, 5) is 40.2. The van der Waals surface area contributed by atoms with Gasteiger partial charge in [-0.25, -0.2) is 27.6 Å². The number of carboxylic acid groups (broad SMARTS) is 2. The minimum Gasteiger partial charge on any atom is -0.449 e. The van der Waals surface area contributed by atoms with Crippen molar-refractivity contribution >= 4 is 34.5 Å². The predicted molar refractivity (Wildman–Crippen MR) is 88.4 cm³/mol. The van der Waals surface area contributed by atoms with E-state index in [1.165, 1.54) is 0 Å². The number of carbonyl (C=O) groups excluding carboxylic acids is 2. The molecule has 0 aliphatic heterocycles. The minimum absolute atomic E-state index is 0.330. The van der Waals surface area contributed by atoms with E-state index in [0.717, 1.165) is 0 Å². The molecule has 0 aliphatic rings. The lowest BCUT2D eigenvalue weighted by molar-refractivity contribution is 0.0415. The SMILES string of the molecule is O=C(O)OC(=O)OC(=O)OC(=O)O.O=S(=O)(c1ccccc1)c1ccccc1. The maximum absolute atomic E-state index is 12.0. The molecule has 2 aromatic carbocycles. The summed E-state index contributed by atoms with van der Waals surface area (Å²) in [5, 5.41) is 15.6. The van der Waals surface area contributed by atoms with Crippen LogP contribution in [0.25, 0.3) is 0 Å². The second kappa shape index (κ2) is 10.3. The van der Waals surface area contributed by atoms with Crippen molar-refractivity contribution in [2.75, 3.05) is 0 Å². The Bertz CT molecular complexity index is 866. The monoisotopic (exact) mass is 412 g/mol. The van der Waals surface area contributed by atoms with Gasteiger partial charge in [-0.15, -0.1) is 0 Å². The minimum atomic E-state index is -3.34.